The largest absolute Gasteiger partial charge is 0.494 e. The van der Waals surface area contributed by atoms with E-state index in [0.29, 0.717) is 30.0 Å². The maximum Gasteiger partial charge on any atom is 0.257 e. The lowest BCUT2D eigenvalue weighted by Gasteiger charge is -2.18. The van der Waals surface area contributed by atoms with Crippen molar-refractivity contribution < 1.29 is 14.3 Å². The summed E-state index contributed by atoms with van der Waals surface area (Å²) in [7, 11) is 1.77. The van der Waals surface area contributed by atoms with Gasteiger partial charge in [-0.15, -0.1) is 0 Å². The molecule has 7 heteroatoms. The molecule has 6 nitrogen and oxygen atoms in total. The van der Waals surface area contributed by atoms with Crippen molar-refractivity contribution in [2.45, 2.75) is 32.7 Å². The Bertz CT molecular complexity index is 1130. The first kappa shape index (κ1) is 25.9. The normalized spacial score (nSPS) is 10.3. The fraction of sp³-hybridized carbons (Fsp3) is 0.250. The Balaban J connectivity index is 1.53. The lowest BCUT2D eigenvalue weighted by molar-refractivity contribution is 0.0785. The minimum atomic E-state index is -0.324. The number of thiocarbonyl (C=S) groups is 1. The van der Waals surface area contributed by atoms with Crippen LogP contribution in [0.1, 0.15) is 52.5 Å². The summed E-state index contributed by atoms with van der Waals surface area (Å²) in [6.45, 7) is 3.32. The highest BCUT2D eigenvalue weighted by Crippen LogP contribution is 2.15. The van der Waals surface area contributed by atoms with E-state index in [-0.39, 0.29) is 16.9 Å². The Labute approximate surface area is 212 Å². The number of benzene rings is 3. The highest BCUT2D eigenvalue weighted by Gasteiger charge is 2.14. The highest BCUT2D eigenvalue weighted by molar-refractivity contribution is 7.80. The highest BCUT2D eigenvalue weighted by atomic mass is 32.1. The van der Waals surface area contributed by atoms with Gasteiger partial charge in [0.2, 0.25) is 0 Å². The maximum absolute atomic E-state index is 12.9. The van der Waals surface area contributed by atoms with Crippen molar-refractivity contribution in [2.75, 3.05) is 19.0 Å². The van der Waals surface area contributed by atoms with Crippen LogP contribution in [0.15, 0.2) is 78.9 Å². The van der Waals surface area contributed by atoms with Crippen LogP contribution in [0.4, 0.5) is 5.69 Å². The number of carbonyl (C=O) groups excluding carboxylic acids is 2. The Morgan fingerprint density at radius 3 is 2.37 bits per heavy atom. The van der Waals surface area contributed by atoms with Crippen LogP contribution in [0.3, 0.4) is 0 Å². The predicted molar refractivity (Wildman–Crippen MR) is 144 cm³/mol. The summed E-state index contributed by atoms with van der Waals surface area (Å²) in [5, 5.41) is 5.81. The van der Waals surface area contributed by atoms with E-state index in [1.54, 1.807) is 60.5 Å². The Hall–Kier alpha value is -3.71. The molecule has 0 atom stereocenters. The lowest BCUT2D eigenvalue weighted by atomic mass is 10.1. The van der Waals surface area contributed by atoms with E-state index in [4.69, 9.17) is 17.0 Å². The van der Waals surface area contributed by atoms with Gasteiger partial charge in [0.1, 0.15) is 5.75 Å². The molecule has 3 aromatic rings. The second kappa shape index (κ2) is 13.2. The van der Waals surface area contributed by atoms with E-state index in [2.05, 4.69) is 17.6 Å². The van der Waals surface area contributed by atoms with Gasteiger partial charge in [0, 0.05) is 30.4 Å². The number of amides is 2. The standard InChI is InChI=1S/C28H31N3O3S/c1-3-4-8-18-34-25-16-14-22(15-17-25)26(32)30-28(35)29-24-13-9-12-23(19-24)27(33)31(2)20-21-10-6-5-7-11-21/h5-7,9-17,19H,3-4,8,18,20H2,1-2H3,(H2,29,30,32,35). The van der Waals surface area contributed by atoms with Crippen LogP contribution in [-0.4, -0.2) is 35.5 Å². The monoisotopic (exact) mass is 489 g/mol. The summed E-state index contributed by atoms with van der Waals surface area (Å²) >= 11 is 5.30. The number of unbranched alkanes of at least 4 members (excludes halogenated alkanes) is 2. The van der Waals surface area contributed by atoms with Crippen molar-refractivity contribution in [3.8, 4) is 5.75 Å². The van der Waals surface area contributed by atoms with Gasteiger partial charge < -0.3 is 15.0 Å². The first-order valence-corrected chi connectivity index (χ1v) is 12.1. The molecule has 35 heavy (non-hydrogen) atoms. The summed E-state index contributed by atoms with van der Waals surface area (Å²) in [5.74, 6) is 0.302. The van der Waals surface area contributed by atoms with Crippen LogP contribution in [0.5, 0.6) is 5.75 Å². The minimum absolute atomic E-state index is 0.107. The topological polar surface area (TPSA) is 70.7 Å². The van der Waals surface area contributed by atoms with Crippen molar-refractivity contribution in [1.29, 1.82) is 0 Å². The van der Waals surface area contributed by atoms with E-state index in [0.717, 1.165) is 30.6 Å². The molecule has 0 unspecified atom stereocenters. The number of nitrogens with one attached hydrogen (secondary N) is 2. The van der Waals surface area contributed by atoms with Crippen LogP contribution in [0.2, 0.25) is 0 Å². The number of rotatable bonds is 10. The lowest BCUT2D eigenvalue weighted by Crippen LogP contribution is -2.34. The van der Waals surface area contributed by atoms with Crippen LogP contribution >= 0.6 is 12.2 Å². The predicted octanol–water partition coefficient (Wildman–Crippen LogP) is 5.65. The Kier molecular flexibility index (Phi) is 9.80. The van der Waals surface area contributed by atoms with Gasteiger partial charge >= 0.3 is 0 Å². The number of carbonyl (C=O) groups is 2. The van der Waals surface area contributed by atoms with Gasteiger partial charge in [-0.25, -0.2) is 0 Å². The molecule has 0 saturated carbocycles. The van der Waals surface area contributed by atoms with Gasteiger partial charge in [0.05, 0.1) is 6.61 Å². The number of ether oxygens (including phenoxy) is 1. The van der Waals surface area contributed by atoms with Gasteiger partial charge in [0.15, 0.2) is 5.11 Å². The third kappa shape index (κ3) is 8.22. The van der Waals surface area contributed by atoms with Crippen LogP contribution < -0.4 is 15.4 Å². The molecule has 182 valence electrons. The van der Waals surface area contributed by atoms with E-state index < -0.39 is 0 Å². The second-order valence-electron chi connectivity index (χ2n) is 8.22. The summed E-state index contributed by atoms with van der Waals surface area (Å²) in [4.78, 5) is 27.1. The van der Waals surface area contributed by atoms with Crippen molar-refractivity contribution >= 4 is 34.8 Å². The van der Waals surface area contributed by atoms with E-state index >= 15 is 0 Å². The summed E-state index contributed by atoms with van der Waals surface area (Å²) in [6.07, 6.45) is 3.28. The Morgan fingerprint density at radius 2 is 1.66 bits per heavy atom. The van der Waals surface area contributed by atoms with E-state index in [1.165, 1.54) is 0 Å². The molecule has 0 aliphatic carbocycles. The van der Waals surface area contributed by atoms with Crippen molar-refractivity contribution in [3.63, 3.8) is 0 Å². The zero-order valence-electron chi connectivity index (χ0n) is 20.1. The van der Waals surface area contributed by atoms with Crippen molar-refractivity contribution in [3.05, 3.63) is 95.6 Å². The smallest absolute Gasteiger partial charge is 0.257 e. The van der Waals surface area contributed by atoms with Crippen LogP contribution in [-0.2, 0) is 6.54 Å². The summed E-state index contributed by atoms with van der Waals surface area (Å²) < 4.78 is 5.68. The molecule has 0 saturated heterocycles. The molecule has 3 rings (SSSR count). The second-order valence-corrected chi connectivity index (χ2v) is 8.62. The maximum atomic E-state index is 12.9. The summed E-state index contributed by atoms with van der Waals surface area (Å²) in [5.41, 5.74) is 2.67. The average molecular weight is 490 g/mol. The fourth-order valence-electron chi connectivity index (χ4n) is 3.46. The molecular formula is C28H31N3O3S. The van der Waals surface area contributed by atoms with Gasteiger partial charge in [-0.3, -0.25) is 14.9 Å². The fourth-order valence-corrected chi connectivity index (χ4v) is 3.67. The minimum Gasteiger partial charge on any atom is -0.494 e. The number of anilines is 1. The van der Waals surface area contributed by atoms with Crippen molar-refractivity contribution in [2.24, 2.45) is 0 Å². The molecule has 0 bridgehead atoms. The number of nitrogens with zero attached hydrogens (tertiary/aromatic N) is 1. The molecule has 2 amide bonds. The third-order valence-corrected chi connectivity index (χ3v) is 5.54. The van der Waals surface area contributed by atoms with Gasteiger partial charge in [0.25, 0.3) is 11.8 Å². The first-order valence-electron chi connectivity index (χ1n) is 11.7. The third-order valence-electron chi connectivity index (χ3n) is 5.34. The molecule has 0 radical (unpaired) electrons. The average Bonchev–Trinajstić information content (AvgIpc) is 2.87. The molecule has 0 aromatic heterocycles. The van der Waals surface area contributed by atoms with Gasteiger partial charge in [-0.05, 0) is 66.7 Å². The van der Waals surface area contributed by atoms with Crippen LogP contribution in [0.25, 0.3) is 0 Å². The first-order chi connectivity index (χ1) is 17.0. The molecule has 3 aromatic carbocycles. The van der Waals surface area contributed by atoms with Gasteiger partial charge in [-0.2, -0.15) is 0 Å². The molecule has 0 aliphatic heterocycles. The number of hydrogen-bond donors (Lipinski definition) is 2. The Morgan fingerprint density at radius 1 is 0.914 bits per heavy atom. The van der Waals surface area contributed by atoms with Gasteiger partial charge in [-0.1, -0.05) is 56.2 Å². The summed E-state index contributed by atoms with van der Waals surface area (Å²) in [6, 6.07) is 23.8. The molecule has 0 fully saturated rings. The molecular weight excluding hydrogens is 458 g/mol. The quantitative estimate of drug-likeness (QED) is 0.284. The van der Waals surface area contributed by atoms with Crippen molar-refractivity contribution in [1.82, 2.24) is 10.2 Å². The SMILES string of the molecule is CCCCCOc1ccc(C(=O)NC(=S)Nc2cccc(C(=O)N(C)Cc3ccccc3)c2)cc1. The zero-order valence-corrected chi connectivity index (χ0v) is 20.9. The van der Waals surface area contributed by atoms with E-state index in [9.17, 15) is 9.59 Å². The van der Waals surface area contributed by atoms with E-state index in [1.807, 2.05) is 30.3 Å². The molecule has 0 heterocycles. The number of hydrogen-bond acceptors (Lipinski definition) is 4. The molecule has 0 aliphatic rings. The zero-order chi connectivity index (χ0) is 25.0. The molecule has 2 N–H and O–H groups in total. The molecule has 0 spiro atoms. The van der Waals surface area contributed by atoms with Crippen LogP contribution in [0, 0.1) is 0 Å².